The molecule has 32 heavy (non-hydrogen) atoms. The summed E-state index contributed by atoms with van der Waals surface area (Å²) in [6, 6.07) is 10.8. The fraction of sp³-hybridized carbons (Fsp3) is 0.542. The highest BCUT2D eigenvalue weighted by molar-refractivity contribution is 5.75. The summed E-state index contributed by atoms with van der Waals surface area (Å²) in [5.74, 6) is 0.861. The lowest BCUT2D eigenvalue weighted by atomic mass is 9.96. The molecule has 0 aliphatic carbocycles. The number of ether oxygens (including phenoxy) is 1. The molecule has 8 nitrogen and oxygen atoms in total. The second-order valence-electron chi connectivity index (χ2n) is 9.01. The quantitative estimate of drug-likeness (QED) is 0.770. The van der Waals surface area contributed by atoms with Crippen molar-refractivity contribution in [1.82, 2.24) is 25.1 Å². The van der Waals surface area contributed by atoms with Crippen LogP contribution in [0.1, 0.15) is 48.5 Å². The molecule has 2 aromatic rings. The number of carbonyl (C=O) groups excluding carboxylic acids is 1. The molecule has 0 radical (unpaired) electrons. The molecule has 2 N–H and O–H groups in total. The molecule has 8 heteroatoms. The van der Waals surface area contributed by atoms with Crippen molar-refractivity contribution in [3.05, 3.63) is 53.3 Å². The van der Waals surface area contributed by atoms with Crippen LogP contribution in [0.25, 0.3) is 0 Å². The molecule has 1 aromatic carbocycles. The van der Waals surface area contributed by atoms with E-state index in [1.807, 2.05) is 34.2 Å². The van der Waals surface area contributed by atoms with Gasteiger partial charge in [-0.15, -0.1) is 0 Å². The second kappa shape index (κ2) is 9.42. The van der Waals surface area contributed by atoms with Gasteiger partial charge in [0.25, 0.3) is 0 Å². The van der Waals surface area contributed by atoms with E-state index in [9.17, 15) is 4.79 Å². The highest BCUT2D eigenvalue weighted by atomic mass is 16.5. The second-order valence-corrected chi connectivity index (χ2v) is 9.01. The minimum atomic E-state index is 0.0466. The van der Waals surface area contributed by atoms with E-state index in [-0.39, 0.29) is 18.0 Å². The Labute approximate surface area is 189 Å². The van der Waals surface area contributed by atoms with Crippen LogP contribution in [0.4, 0.5) is 10.7 Å². The Morgan fingerprint density at radius 2 is 2.03 bits per heavy atom. The Bertz CT molecular complexity index is 933. The molecule has 0 bridgehead atoms. The lowest BCUT2D eigenvalue weighted by Gasteiger charge is -2.41. The SMILES string of the molecule is CC1CN(C(=O)N2CCNC[C@@H]2c2ccccc2)Cc2nc(NC3CCOCC3)ncc21. The van der Waals surface area contributed by atoms with Crippen LogP contribution in [0.2, 0.25) is 0 Å². The van der Waals surface area contributed by atoms with Crippen LogP contribution in [0.15, 0.2) is 36.5 Å². The zero-order valence-electron chi connectivity index (χ0n) is 18.7. The predicted octanol–water partition coefficient (Wildman–Crippen LogP) is 2.75. The van der Waals surface area contributed by atoms with Gasteiger partial charge in [0.05, 0.1) is 18.3 Å². The lowest BCUT2D eigenvalue weighted by Crippen LogP contribution is -2.54. The summed E-state index contributed by atoms with van der Waals surface area (Å²) in [4.78, 5) is 27.0. The summed E-state index contributed by atoms with van der Waals surface area (Å²) < 4.78 is 5.45. The first kappa shape index (κ1) is 21.2. The van der Waals surface area contributed by atoms with Crippen LogP contribution in [0, 0.1) is 0 Å². The first-order valence-electron chi connectivity index (χ1n) is 11.7. The van der Waals surface area contributed by atoms with Crippen LogP contribution in [0.3, 0.4) is 0 Å². The number of rotatable bonds is 3. The smallest absolute Gasteiger partial charge is 0.320 e. The Morgan fingerprint density at radius 3 is 2.84 bits per heavy atom. The van der Waals surface area contributed by atoms with E-state index in [1.54, 1.807) is 0 Å². The number of hydrogen-bond donors (Lipinski definition) is 2. The van der Waals surface area contributed by atoms with E-state index in [2.05, 4.69) is 34.7 Å². The van der Waals surface area contributed by atoms with Crippen LogP contribution >= 0.6 is 0 Å². The number of hydrogen-bond acceptors (Lipinski definition) is 6. The first-order chi connectivity index (χ1) is 15.7. The minimum absolute atomic E-state index is 0.0466. The van der Waals surface area contributed by atoms with E-state index in [0.29, 0.717) is 31.6 Å². The van der Waals surface area contributed by atoms with Gasteiger partial charge in [-0.3, -0.25) is 0 Å². The van der Waals surface area contributed by atoms with E-state index < -0.39 is 0 Å². The van der Waals surface area contributed by atoms with Gasteiger partial charge in [0, 0.05) is 57.5 Å². The summed E-state index contributed by atoms with van der Waals surface area (Å²) in [6.07, 6.45) is 3.87. The maximum atomic E-state index is 13.6. The molecule has 1 aromatic heterocycles. The van der Waals surface area contributed by atoms with Crippen molar-refractivity contribution >= 4 is 12.0 Å². The predicted molar refractivity (Wildman–Crippen MR) is 122 cm³/mol. The third kappa shape index (κ3) is 4.42. The van der Waals surface area contributed by atoms with Gasteiger partial charge in [0.1, 0.15) is 0 Å². The molecule has 3 aliphatic heterocycles. The largest absolute Gasteiger partial charge is 0.381 e. The highest BCUT2D eigenvalue weighted by Gasteiger charge is 2.34. The molecule has 1 unspecified atom stereocenters. The Balaban J connectivity index is 1.33. The number of benzene rings is 1. The molecule has 2 fully saturated rings. The van der Waals surface area contributed by atoms with Crippen LogP contribution in [-0.2, 0) is 11.3 Å². The van der Waals surface area contributed by atoms with E-state index >= 15 is 0 Å². The maximum Gasteiger partial charge on any atom is 0.320 e. The monoisotopic (exact) mass is 436 g/mol. The number of anilines is 1. The molecule has 2 atom stereocenters. The zero-order chi connectivity index (χ0) is 21.9. The van der Waals surface area contributed by atoms with Gasteiger partial charge in [-0.2, -0.15) is 0 Å². The summed E-state index contributed by atoms with van der Waals surface area (Å²) >= 11 is 0. The molecular weight excluding hydrogens is 404 g/mol. The summed E-state index contributed by atoms with van der Waals surface area (Å²) in [6.45, 7) is 7.20. The molecule has 3 aliphatic rings. The highest BCUT2D eigenvalue weighted by Crippen LogP contribution is 2.30. The number of urea groups is 1. The van der Waals surface area contributed by atoms with Gasteiger partial charge in [-0.1, -0.05) is 37.3 Å². The van der Waals surface area contributed by atoms with Gasteiger partial charge in [-0.25, -0.2) is 14.8 Å². The number of carbonyl (C=O) groups is 1. The van der Waals surface area contributed by atoms with Crippen molar-refractivity contribution in [2.75, 3.05) is 44.7 Å². The van der Waals surface area contributed by atoms with Crippen molar-refractivity contribution in [3.63, 3.8) is 0 Å². The van der Waals surface area contributed by atoms with Crippen molar-refractivity contribution < 1.29 is 9.53 Å². The topological polar surface area (TPSA) is 82.6 Å². The number of fused-ring (bicyclic) bond motifs is 1. The van der Waals surface area contributed by atoms with E-state index in [1.165, 1.54) is 5.56 Å². The van der Waals surface area contributed by atoms with Gasteiger partial charge < -0.3 is 25.2 Å². The molecule has 0 spiro atoms. The average molecular weight is 437 g/mol. The number of nitrogens with one attached hydrogen (secondary N) is 2. The lowest BCUT2D eigenvalue weighted by molar-refractivity contribution is 0.0902. The van der Waals surface area contributed by atoms with Crippen molar-refractivity contribution in [2.45, 2.75) is 44.3 Å². The Kier molecular flexibility index (Phi) is 6.23. The van der Waals surface area contributed by atoms with Crippen molar-refractivity contribution in [3.8, 4) is 0 Å². The van der Waals surface area contributed by atoms with Crippen LogP contribution < -0.4 is 10.6 Å². The van der Waals surface area contributed by atoms with Gasteiger partial charge in [-0.05, 0) is 24.0 Å². The molecule has 2 saturated heterocycles. The molecule has 2 amide bonds. The van der Waals surface area contributed by atoms with Crippen molar-refractivity contribution in [1.29, 1.82) is 0 Å². The summed E-state index contributed by atoms with van der Waals surface area (Å²) in [7, 11) is 0. The van der Waals surface area contributed by atoms with Crippen molar-refractivity contribution in [2.24, 2.45) is 0 Å². The van der Waals surface area contributed by atoms with E-state index in [0.717, 1.165) is 50.4 Å². The van der Waals surface area contributed by atoms with Crippen LogP contribution in [0.5, 0.6) is 0 Å². The molecular formula is C24H32N6O2. The molecule has 5 rings (SSSR count). The Morgan fingerprint density at radius 1 is 1.22 bits per heavy atom. The fourth-order valence-electron chi connectivity index (χ4n) is 4.97. The number of nitrogens with zero attached hydrogens (tertiary/aromatic N) is 4. The zero-order valence-corrected chi connectivity index (χ0v) is 18.7. The standard InChI is InChI=1S/C24H32N6O2/c1-17-15-29(24(31)30-10-9-25-14-22(30)18-5-3-2-4-6-18)16-21-20(17)13-26-23(28-21)27-19-7-11-32-12-8-19/h2-6,13,17,19,22,25H,7-12,14-16H2,1H3,(H,26,27,28)/t17?,22-/m1/s1. The molecule has 0 saturated carbocycles. The summed E-state index contributed by atoms with van der Waals surface area (Å²) in [5, 5.41) is 6.90. The van der Waals surface area contributed by atoms with Crippen LogP contribution in [-0.4, -0.2) is 71.2 Å². The van der Waals surface area contributed by atoms with Gasteiger partial charge in [0.15, 0.2) is 0 Å². The minimum Gasteiger partial charge on any atom is -0.381 e. The van der Waals surface area contributed by atoms with Gasteiger partial charge in [0.2, 0.25) is 5.95 Å². The molecule has 4 heterocycles. The third-order valence-electron chi connectivity index (χ3n) is 6.76. The van der Waals surface area contributed by atoms with E-state index in [4.69, 9.17) is 9.72 Å². The maximum absolute atomic E-state index is 13.6. The average Bonchev–Trinajstić information content (AvgIpc) is 2.84. The normalized spacial score (nSPS) is 24.2. The first-order valence-corrected chi connectivity index (χ1v) is 11.7. The third-order valence-corrected chi connectivity index (χ3v) is 6.76. The number of aromatic nitrogens is 2. The van der Waals surface area contributed by atoms with Gasteiger partial charge >= 0.3 is 6.03 Å². The molecule has 170 valence electrons. The summed E-state index contributed by atoms with van der Waals surface area (Å²) in [5.41, 5.74) is 3.27. The Hall–Kier alpha value is -2.71. The number of piperazine rings is 1. The fourth-order valence-corrected chi connectivity index (χ4v) is 4.97. The number of amides is 2.